The average Bonchev–Trinajstić information content (AvgIpc) is 3.20. The normalized spacial score (nSPS) is 12.9. The fraction of sp³-hybridized carbons (Fsp3) is 0.382. The van der Waals surface area contributed by atoms with Gasteiger partial charge in [-0.2, -0.15) is 5.10 Å². The Bertz CT molecular complexity index is 1810. The van der Waals surface area contributed by atoms with Gasteiger partial charge in [-0.1, -0.05) is 32.0 Å². The van der Waals surface area contributed by atoms with E-state index in [2.05, 4.69) is 30.4 Å². The lowest BCUT2D eigenvalue weighted by atomic mass is 10.0. The number of hydrogen-bond donors (Lipinski definition) is 2. The van der Waals surface area contributed by atoms with Crippen molar-refractivity contribution in [2.75, 3.05) is 10.6 Å². The highest BCUT2D eigenvalue weighted by atomic mass is 19.4. The van der Waals surface area contributed by atoms with Crippen LogP contribution in [0.2, 0.25) is 0 Å². The third-order valence-electron chi connectivity index (χ3n) is 7.65. The van der Waals surface area contributed by atoms with E-state index in [1.165, 1.54) is 12.1 Å². The minimum absolute atomic E-state index is 0.00898. The number of esters is 1. The first kappa shape index (κ1) is 33.4. The molecule has 1 aliphatic rings. The number of ether oxygens (including phenoxy) is 2. The van der Waals surface area contributed by atoms with Crippen LogP contribution in [0.5, 0.6) is 5.75 Å². The maximum absolute atomic E-state index is 13.7. The van der Waals surface area contributed by atoms with Gasteiger partial charge in [0, 0.05) is 24.5 Å². The van der Waals surface area contributed by atoms with Gasteiger partial charge in [0.15, 0.2) is 11.4 Å². The van der Waals surface area contributed by atoms with Crippen LogP contribution in [0.3, 0.4) is 0 Å². The number of anilines is 3. The Morgan fingerprint density at radius 3 is 2.36 bits per heavy atom. The van der Waals surface area contributed by atoms with Crippen molar-refractivity contribution in [3.05, 3.63) is 76.1 Å². The Kier molecular flexibility index (Phi) is 9.28. The van der Waals surface area contributed by atoms with Crippen LogP contribution in [0.25, 0.3) is 11.4 Å². The molecule has 13 heteroatoms. The number of halogens is 3. The van der Waals surface area contributed by atoms with Crippen molar-refractivity contribution in [1.29, 1.82) is 0 Å². The number of amides is 1. The van der Waals surface area contributed by atoms with Crippen molar-refractivity contribution < 1.29 is 32.2 Å². The molecular weight excluding hydrogens is 613 g/mol. The molecule has 10 nitrogen and oxygen atoms in total. The molecule has 0 bridgehead atoms. The minimum Gasteiger partial charge on any atom is -0.456 e. The molecule has 2 heterocycles. The van der Waals surface area contributed by atoms with Crippen LogP contribution in [-0.2, 0) is 37.5 Å². The molecule has 0 saturated heterocycles. The number of para-hydroxylation sites is 1. The van der Waals surface area contributed by atoms with Crippen LogP contribution >= 0.6 is 0 Å². The minimum atomic E-state index is -5.03. The number of aryl methyl sites for hydroxylation is 4. The molecule has 47 heavy (non-hydrogen) atoms. The van der Waals surface area contributed by atoms with E-state index >= 15 is 0 Å². The molecule has 1 amide bonds. The first-order chi connectivity index (χ1) is 22.2. The molecule has 5 rings (SSSR count). The molecule has 2 aromatic carbocycles. The second-order valence-electron chi connectivity index (χ2n) is 12.2. The molecule has 0 spiro atoms. The van der Waals surface area contributed by atoms with Crippen molar-refractivity contribution >= 4 is 29.2 Å². The molecule has 1 aliphatic carbocycles. The van der Waals surface area contributed by atoms with Gasteiger partial charge in [0.05, 0.1) is 22.6 Å². The topological polar surface area (TPSA) is 120 Å². The summed E-state index contributed by atoms with van der Waals surface area (Å²) in [5, 5.41) is 10.5. The SMILES string of the molecule is CCc1cccc(CC)c1NC(=O)c1nn(C)c2c1CCCc1cnc(Nc3ccc(C(=O)OC(C)(C)C)cc3OC(F)(F)F)nc1-2. The molecule has 0 radical (unpaired) electrons. The number of benzene rings is 2. The molecule has 248 valence electrons. The zero-order valence-electron chi connectivity index (χ0n) is 27.1. The second kappa shape index (κ2) is 13.0. The lowest BCUT2D eigenvalue weighted by Gasteiger charge is -2.20. The zero-order chi connectivity index (χ0) is 34.1. The zero-order valence-corrected chi connectivity index (χ0v) is 27.1. The Labute approximate surface area is 270 Å². The molecule has 0 fully saturated rings. The highest BCUT2D eigenvalue weighted by Gasteiger charge is 2.33. The van der Waals surface area contributed by atoms with Crippen molar-refractivity contribution in [3.63, 3.8) is 0 Å². The Morgan fingerprint density at radius 2 is 1.72 bits per heavy atom. The van der Waals surface area contributed by atoms with Crippen molar-refractivity contribution in [2.24, 2.45) is 7.05 Å². The lowest BCUT2D eigenvalue weighted by molar-refractivity contribution is -0.274. The highest BCUT2D eigenvalue weighted by Crippen LogP contribution is 2.36. The lowest BCUT2D eigenvalue weighted by Crippen LogP contribution is -2.24. The quantitative estimate of drug-likeness (QED) is 0.190. The number of hydrogen-bond acceptors (Lipinski definition) is 8. The number of alkyl halides is 3. The van der Waals surface area contributed by atoms with E-state index in [1.54, 1.807) is 38.7 Å². The summed E-state index contributed by atoms with van der Waals surface area (Å²) in [7, 11) is 1.72. The van der Waals surface area contributed by atoms with E-state index in [-0.39, 0.29) is 28.8 Å². The van der Waals surface area contributed by atoms with Crippen LogP contribution in [0, 0.1) is 0 Å². The van der Waals surface area contributed by atoms with Crippen molar-refractivity contribution in [1.82, 2.24) is 19.7 Å². The average molecular weight is 651 g/mol. The highest BCUT2D eigenvalue weighted by molar-refractivity contribution is 6.05. The van der Waals surface area contributed by atoms with Gasteiger partial charge in [-0.15, -0.1) is 13.2 Å². The first-order valence-corrected chi connectivity index (χ1v) is 15.4. The van der Waals surface area contributed by atoms with Crippen molar-refractivity contribution in [3.8, 4) is 17.1 Å². The monoisotopic (exact) mass is 650 g/mol. The maximum atomic E-state index is 13.7. The van der Waals surface area contributed by atoms with Crippen LogP contribution in [0.1, 0.15) is 84.1 Å². The predicted molar refractivity (Wildman–Crippen MR) is 171 cm³/mol. The van der Waals surface area contributed by atoms with E-state index < -0.39 is 23.7 Å². The number of nitrogens with zero attached hydrogens (tertiary/aromatic N) is 4. The Balaban J connectivity index is 1.50. The fourth-order valence-corrected chi connectivity index (χ4v) is 5.59. The van der Waals surface area contributed by atoms with Crippen LogP contribution < -0.4 is 15.4 Å². The van der Waals surface area contributed by atoms with E-state index in [9.17, 15) is 22.8 Å². The molecule has 2 N–H and O–H groups in total. The van der Waals surface area contributed by atoms with Gasteiger partial charge in [-0.05, 0) is 87.8 Å². The van der Waals surface area contributed by atoms with Gasteiger partial charge in [0.2, 0.25) is 5.95 Å². The van der Waals surface area contributed by atoms with E-state index in [0.29, 0.717) is 30.7 Å². The predicted octanol–water partition coefficient (Wildman–Crippen LogP) is 7.34. The van der Waals surface area contributed by atoms with Crippen LogP contribution in [0.4, 0.5) is 30.5 Å². The summed E-state index contributed by atoms with van der Waals surface area (Å²) in [6.45, 7) is 9.03. The Hall–Kier alpha value is -4.94. The van der Waals surface area contributed by atoms with Crippen LogP contribution in [-0.4, -0.2) is 43.6 Å². The number of aromatic nitrogens is 4. The van der Waals surface area contributed by atoms with Gasteiger partial charge >= 0.3 is 12.3 Å². The summed E-state index contributed by atoms with van der Waals surface area (Å²) in [4.78, 5) is 35.3. The Morgan fingerprint density at radius 1 is 1.02 bits per heavy atom. The molecule has 0 atom stereocenters. The third-order valence-corrected chi connectivity index (χ3v) is 7.65. The van der Waals surface area contributed by atoms with Crippen molar-refractivity contribution in [2.45, 2.75) is 78.7 Å². The van der Waals surface area contributed by atoms with Crippen LogP contribution in [0.15, 0.2) is 42.6 Å². The molecule has 0 saturated carbocycles. The van der Waals surface area contributed by atoms with E-state index in [1.807, 2.05) is 32.0 Å². The smallest absolute Gasteiger partial charge is 0.456 e. The first-order valence-electron chi connectivity index (χ1n) is 15.4. The van der Waals surface area contributed by atoms with E-state index in [0.717, 1.165) is 46.8 Å². The number of fused-ring (bicyclic) bond motifs is 3. The summed E-state index contributed by atoms with van der Waals surface area (Å²) in [5.74, 6) is -1.79. The van der Waals surface area contributed by atoms with E-state index in [4.69, 9.17) is 4.74 Å². The van der Waals surface area contributed by atoms with Gasteiger partial charge in [0.25, 0.3) is 5.91 Å². The number of carbonyl (C=O) groups excluding carboxylic acids is 2. The standard InChI is InChI=1S/C34H37F3N6O4/c1-7-19-11-9-12-20(8-2)26(19)40-30(44)28-23-14-10-13-22-18-38-32(41-27(22)29(23)43(6)42-28)39-24-16-15-21(31(45)47-33(3,4)5)17-25(24)46-34(35,36)37/h9,11-12,15-18H,7-8,10,13-14H2,1-6H3,(H,40,44)(H,38,39,41). The summed E-state index contributed by atoms with van der Waals surface area (Å²) in [6, 6.07) is 9.52. The van der Waals surface area contributed by atoms with Gasteiger partial charge in [-0.3, -0.25) is 9.48 Å². The molecule has 0 aliphatic heterocycles. The molecular formula is C34H37F3N6O4. The maximum Gasteiger partial charge on any atom is 0.573 e. The van der Waals surface area contributed by atoms with Gasteiger partial charge in [-0.25, -0.2) is 14.8 Å². The number of carbonyl (C=O) groups is 2. The summed E-state index contributed by atoms with van der Waals surface area (Å²) in [6.07, 6.45) is -0.0192. The van der Waals surface area contributed by atoms with Gasteiger partial charge in [0.1, 0.15) is 5.60 Å². The molecule has 2 aromatic heterocycles. The molecule has 4 aromatic rings. The van der Waals surface area contributed by atoms with Gasteiger partial charge < -0.3 is 20.1 Å². The number of rotatable bonds is 8. The number of nitrogens with one attached hydrogen (secondary N) is 2. The summed E-state index contributed by atoms with van der Waals surface area (Å²) in [5.41, 5.74) is 4.72. The summed E-state index contributed by atoms with van der Waals surface area (Å²) < 4.78 is 51.3. The molecule has 0 unspecified atom stereocenters. The third kappa shape index (κ3) is 7.55. The largest absolute Gasteiger partial charge is 0.573 e. The second-order valence-corrected chi connectivity index (χ2v) is 12.2. The summed E-state index contributed by atoms with van der Waals surface area (Å²) >= 11 is 0. The fourth-order valence-electron chi connectivity index (χ4n) is 5.59.